The second-order valence-corrected chi connectivity index (χ2v) is 11.8. The smallest absolute Gasteiger partial charge is 0.282 e. The molecule has 1 N–H and O–H groups in total. The summed E-state index contributed by atoms with van der Waals surface area (Å²) in [6.45, 7) is 1.90. The largest absolute Gasteiger partial charge is 0.483 e. The number of halogens is 2. The number of rotatable bonds is 7. The van der Waals surface area contributed by atoms with Gasteiger partial charge in [0.25, 0.3) is 11.5 Å². The molecular weight excluding hydrogens is 671 g/mol. The van der Waals surface area contributed by atoms with Gasteiger partial charge in [0.05, 0.1) is 20.7 Å². The van der Waals surface area contributed by atoms with E-state index >= 15 is 0 Å². The molecule has 0 bridgehead atoms. The average Bonchev–Trinajstić information content (AvgIpc) is 2.94. The lowest BCUT2D eigenvalue weighted by Gasteiger charge is -2.22. The van der Waals surface area contributed by atoms with E-state index in [1.165, 1.54) is 11.1 Å². The van der Waals surface area contributed by atoms with E-state index < -0.39 is 0 Å². The minimum Gasteiger partial charge on any atom is -0.483 e. The van der Waals surface area contributed by atoms with Crippen LogP contribution in [0.4, 0.5) is 5.69 Å². The van der Waals surface area contributed by atoms with E-state index in [1.54, 1.807) is 12.3 Å². The van der Waals surface area contributed by atoms with Crippen molar-refractivity contribution in [1.29, 1.82) is 0 Å². The zero-order valence-corrected chi connectivity index (χ0v) is 25.2. The van der Waals surface area contributed by atoms with Crippen LogP contribution in [-0.4, -0.2) is 28.4 Å². The van der Waals surface area contributed by atoms with Crippen LogP contribution in [0.3, 0.4) is 0 Å². The van der Waals surface area contributed by atoms with Gasteiger partial charge in [-0.15, -0.1) is 0 Å². The van der Waals surface area contributed by atoms with Crippen LogP contribution in [0, 0.1) is 10.5 Å². The molecule has 1 aromatic heterocycles. The number of fused-ring (bicyclic) bond motifs is 1. The predicted molar refractivity (Wildman–Crippen MR) is 167 cm³/mol. The molecule has 1 aliphatic rings. The first-order chi connectivity index (χ1) is 18.9. The molecule has 9 heteroatoms. The third kappa shape index (κ3) is 6.75. The number of anilines is 1. The highest BCUT2D eigenvalue weighted by Crippen LogP contribution is 2.32. The molecule has 1 amide bonds. The maximum atomic E-state index is 13.5. The number of ether oxygens (including phenoxy) is 1. The van der Waals surface area contributed by atoms with Crippen LogP contribution >= 0.6 is 38.5 Å². The van der Waals surface area contributed by atoms with Crippen LogP contribution in [0.2, 0.25) is 0 Å². The summed E-state index contributed by atoms with van der Waals surface area (Å²) >= 11 is 5.64. The summed E-state index contributed by atoms with van der Waals surface area (Å²) in [5.74, 6) is 1.30. The van der Waals surface area contributed by atoms with Gasteiger partial charge in [-0.05, 0) is 96.5 Å². The molecule has 1 fully saturated rings. The Bertz CT molecular complexity index is 1590. The van der Waals surface area contributed by atoms with Crippen molar-refractivity contribution in [2.24, 2.45) is 5.10 Å². The average molecular weight is 699 g/mol. The van der Waals surface area contributed by atoms with Crippen LogP contribution in [0.15, 0.2) is 75.0 Å². The monoisotopic (exact) mass is 698 g/mol. The highest BCUT2D eigenvalue weighted by molar-refractivity contribution is 14.1. The number of nitrogens with zero attached hydrogens (tertiary/aromatic N) is 3. The molecule has 1 aliphatic carbocycles. The quantitative estimate of drug-likeness (QED) is 0.166. The summed E-state index contributed by atoms with van der Waals surface area (Å²) in [6, 6.07) is 18.8. The van der Waals surface area contributed by atoms with Crippen molar-refractivity contribution < 1.29 is 9.53 Å². The summed E-state index contributed by atoms with van der Waals surface area (Å²) in [5, 5.41) is 7.99. The number of nitrogens with one attached hydrogen (secondary N) is 1. The van der Waals surface area contributed by atoms with E-state index in [0.717, 1.165) is 56.4 Å². The minimum atomic E-state index is -0.231. The van der Waals surface area contributed by atoms with Crippen LogP contribution in [0.5, 0.6) is 5.75 Å². The Kier molecular flexibility index (Phi) is 8.76. The van der Waals surface area contributed by atoms with Gasteiger partial charge in [0.15, 0.2) is 6.61 Å². The van der Waals surface area contributed by atoms with Gasteiger partial charge in [0.2, 0.25) is 0 Å². The molecule has 0 spiro atoms. The predicted octanol–water partition coefficient (Wildman–Crippen LogP) is 7.02. The first-order valence-corrected chi connectivity index (χ1v) is 14.8. The first kappa shape index (κ1) is 27.5. The fourth-order valence-electron chi connectivity index (χ4n) is 4.72. The molecule has 1 saturated carbocycles. The summed E-state index contributed by atoms with van der Waals surface area (Å²) in [6.07, 6.45) is 7.16. The molecule has 3 aromatic carbocycles. The van der Waals surface area contributed by atoms with Crippen molar-refractivity contribution in [1.82, 2.24) is 9.66 Å². The van der Waals surface area contributed by atoms with E-state index in [0.29, 0.717) is 16.7 Å². The van der Waals surface area contributed by atoms with Gasteiger partial charge in [-0.2, -0.15) is 9.78 Å². The Labute approximate surface area is 249 Å². The molecule has 0 aliphatic heterocycles. The van der Waals surface area contributed by atoms with E-state index in [-0.39, 0.29) is 24.0 Å². The lowest BCUT2D eigenvalue weighted by Crippen LogP contribution is -2.25. The van der Waals surface area contributed by atoms with Gasteiger partial charge >= 0.3 is 0 Å². The van der Waals surface area contributed by atoms with Crippen molar-refractivity contribution >= 4 is 67.2 Å². The maximum absolute atomic E-state index is 13.5. The van der Waals surface area contributed by atoms with Gasteiger partial charge in [-0.1, -0.05) is 52.9 Å². The third-order valence-corrected chi connectivity index (χ3v) is 8.11. The normalized spacial score (nSPS) is 14.1. The molecule has 4 aromatic rings. The number of amides is 1. The summed E-state index contributed by atoms with van der Waals surface area (Å²) in [5.41, 5.74) is 3.19. The van der Waals surface area contributed by atoms with E-state index in [2.05, 4.69) is 48.9 Å². The third-order valence-electron chi connectivity index (χ3n) is 6.78. The van der Waals surface area contributed by atoms with E-state index in [1.807, 2.05) is 61.5 Å². The lowest BCUT2D eigenvalue weighted by molar-refractivity contribution is -0.118. The van der Waals surface area contributed by atoms with Gasteiger partial charge in [0.1, 0.15) is 11.6 Å². The molecule has 0 radical (unpaired) electrons. The zero-order chi connectivity index (χ0) is 27.4. The molecule has 0 unspecified atom stereocenters. The van der Waals surface area contributed by atoms with Crippen LogP contribution in [0.1, 0.15) is 55.0 Å². The second-order valence-electron chi connectivity index (χ2n) is 9.72. The second kappa shape index (κ2) is 12.4. The van der Waals surface area contributed by atoms with E-state index in [9.17, 15) is 9.59 Å². The highest BCUT2D eigenvalue weighted by atomic mass is 127. The van der Waals surface area contributed by atoms with Crippen molar-refractivity contribution in [3.05, 3.63) is 96.0 Å². The van der Waals surface area contributed by atoms with Crippen molar-refractivity contribution in [2.45, 2.75) is 44.9 Å². The number of carbonyl (C=O) groups is 1. The van der Waals surface area contributed by atoms with Crippen molar-refractivity contribution in [3.8, 4) is 5.75 Å². The molecule has 39 heavy (non-hydrogen) atoms. The van der Waals surface area contributed by atoms with Gasteiger partial charge < -0.3 is 10.1 Å². The van der Waals surface area contributed by atoms with Gasteiger partial charge in [-0.3, -0.25) is 9.59 Å². The van der Waals surface area contributed by atoms with Crippen molar-refractivity contribution in [3.63, 3.8) is 0 Å². The van der Waals surface area contributed by atoms with Crippen LogP contribution < -0.4 is 15.6 Å². The molecular formula is C30H28BrIN4O3. The highest BCUT2D eigenvalue weighted by Gasteiger charge is 2.22. The maximum Gasteiger partial charge on any atom is 0.282 e. The zero-order valence-electron chi connectivity index (χ0n) is 21.5. The Balaban J connectivity index is 1.35. The number of aryl methyl sites for hydroxylation is 1. The number of benzene rings is 3. The molecule has 1 heterocycles. The molecule has 7 nitrogen and oxygen atoms in total. The Morgan fingerprint density at radius 2 is 1.90 bits per heavy atom. The lowest BCUT2D eigenvalue weighted by atomic mass is 9.88. The van der Waals surface area contributed by atoms with Gasteiger partial charge in [0, 0.05) is 16.1 Å². The number of hydrogen-bond donors (Lipinski definition) is 1. The number of aromatic nitrogens is 2. The summed E-state index contributed by atoms with van der Waals surface area (Å²) in [7, 11) is 0. The first-order valence-electron chi connectivity index (χ1n) is 12.9. The van der Waals surface area contributed by atoms with Gasteiger partial charge in [-0.25, -0.2) is 4.98 Å². The number of carbonyl (C=O) groups excluding carboxylic acids is 1. The topological polar surface area (TPSA) is 85.6 Å². The van der Waals surface area contributed by atoms with Crippen LogP contribution in [0.25, 0.3) is 10.9 Å². The molecule has 5 rings (SSSR count). The summed E-state index contributed by atoms with van der Waals surface area (Å²) < 4.78 is 8.89. The molecule has 0 saturated heterocycles. The minimum absolute atomic E-state index is 0.101. The van der Waals surface area contributed by atoms with Crippen molar-refractivity contribution in [2.75, 3.05) is 11.9 Å². The fraction of sp³-hybridized carbons (Fsp3) is 0.267. The number of hydrogen-bond acceptors (Lipinski definition) is 5. The van der Waals surface area contributed by atoms with E-state index in [4.69, 9.17) is 9.72 Å². The fourth-order valence-corrected chi connectivity index (χ4v) is 5.77. The SMILES string of the molecule is Cc1ccc(NC(=O)COc2ccc(C=Nn3c(C4CCCCC4)nc4ccc(Br)cc4c3=O)cc2I)cc1. The molecule has 200 valence electrons. The Morgan fingerprint density at radius 1 is 1.13 bits per heavy atom. The Morgan fingerprint density at radius 3 is 2.64 bits per heavy atom. The standard InChI is InChI=1S/C30H28BrIN4O3/c1-19-7-11-23(12-8-19)34-28(37)18-39-27-14-9-20(15-25(27)32)17-33-36-29(21-5-3-2-4-6-21)35-26-13-10-22(31)16-24(26)30(36)38/h7-17,21H,2-6,18H2,1H3,(H,34,37). The van der Waals surface area contributed by atoms with Crippen LogP contribution in [-0.2, 0) is 4.79 Å². The molecule has 0 atom stereocenters. The Hall–Kier alpha value is -3.05. The summed E-state index contributed by atoms with van der Waals surface area (Å²) in [4.78, 5) is 30.7.